The fraction of sp³-hybridized carbons (Fsp3) is 0.632. The molecular weight excluding hydrogens is 637 g/mol. The van der Waals surface area contributed by atoms with E-state index < -0.39 is 24.2 Å². The van der Waals surface area contributed by atoms with Gasteiger partial charge in [-0.05, 0) is 90.1 Å². The highest BCUT2D eigenvalue weighted by Crippen LogP contribution is 2.43. The molecule has 12 heteroatoms. The van der Waals surface area contributed by atoms with Crippen molar-refractivity contribution < 1.29 is 23.6 Å². The number of fused-ring (bicyclic) bond motifs is 2. The molecule has 0 radical (unpaired) electrons. The Kier molecular flexibility index (Phi) is 11.3. The highest BCUT2D eigenvalue weighted by atomic mass is 19.1. The summed E-state index contributed by atoms with van der Waals surface area (Å²) in [7, 11) is 3.45. The van der Waals surface area contributed by atoms with Crippen molar-refractivity contribution in [3.63, 3.8) is 0 Å². The van der Waals surface area contributed by atoms with Crippen LogP contribution in [0.15, 0.2) is 30.1 Å². The van der Waals surface area contributed by atoms with E-state index in [9.17, 15) is 23.6 Å². The van der Waals surface area contributed by atoms with Crippen LogP contribution >= 0.6 is 0 Å². The zero-order valence-electron chi connectivity index (χ0n) is 29.9. The Hall–Kier alpha value is -3.77. The Labute approximate surface area is 294 Å². The molecule has 4 aliphatic rings. The lowest BCUT2D eigenvalue weighted by Crippen LogP contribution is -2.57. The molecule has 0 bridgehead atoms. The number of likely N-dealkylation sites (N-methyl/N-ethyl adjacent to an activating group) is 2. The van der Waals surface area contributed by atoms with Gasteiger partial charge in [0.2, 0.25) is 23.6 Å². The van der Waals surface area contributed by atoms with E-state index in [1.54, 1.807) is 34.0 Å². The molecule has 0 spiro atoms. The quantitative estimate of drug-likeness (QED) is 0.243. The maximum Gasteiger partial charge on any atom is 0.249 e. The highest BCUT2D eigenvalue weighted by Gasteiger charge is 2.49. The molecule has 5 N–H and O–H groups in total. The number of halogens is 1. The minimum Gasteiger partial charge on any atom is -0.360 e. The van der Waals surface area contributed by atoms with Gasteiger partial charge in [-0.15, -0.1) is 0 Å². The number of aromatic amines is 1. The van der Waals surface area contributed by atoms with Crippen LogP contribution in [0.25, 0.3) is 16.5 Å². The lowest BCUT2D eigenvalue weighted by Gasteiger charge is -2.35. The minimum absolute atomic E-state index is 0.0163. The van der Waals surface area contributed by atoms with Gasteiger partial charge in [-0.3, -0.25) is 19.2 Å². The first-order valence-electron chi connectivity index (χ1n) is 18.7. The second kappa shape index (κ2) is 15.6. The number of carbonyl (C=O) groups is 4. The molecule has 2 aliphatic carbocycles. The molecule has 4 amide bonds. The van der Waals surface area contributed by atoms with E-state index in [1.165, 1.54) is 12.1 Å². The average molecular weight is 692 g/mol. The number of hydrogen-bond donors (Lipinski definition) is 5. The fourth-order valence-electron chi connectivity index (χ4n) is 8.61. The molecule has 2 aliphatic heterocycles. The Morgan fingerprint density at radius 2 is 1.36 bits per heavy atom. The van der Waals surface area contributed by atoms with Crippen LogP contribution in [0.2, 0.25) is 0 Å². The first kappa shape index (κ1) is 36.0. The number of nitrogens with one attached hydrogen (secondary N) is 5. The summed E-state index contributed by atoms with van der Waals surface area (Å²) in [6.45, 7) is 4.22. The first-order chi connectivity index (χ1) is 24.1. The Bertz CT molecular complexity index is 1610. The number of amides is 4. The van der Waals surface area contributed by atoms with Gasteiger partial charge in [0, 0.05) is 47.0 Å². The summed E-state index contributed by atoms with van der Waals surface area (Å²) in [6.07, 6.45) is 12.1. The summed E-state index contributed by atoms with van der Waals surface area (Å²) >= 11 is 0. The van der Waals surface area contributed by atoms with Crippen molar-refractivity contribution in [2.45, 2.75) is 115 Å². The molecule has 1 aromatic carbocycles. The number of rotatable bonds is 11. The number of H-pyrrole nitrogens is 1. The summed E-state index contributed by atoms with van der Waals surface area (Å²) in [5.74, 6) is -1.03. The molecule has 2 aromatic rings. The van der Waals surface area contributed by atoms with Crippen molar-refractivity contribution in [1.29, 1.82) is 0 Å². The topological polar surface area (TPSA) is 139 Å². The van der Waals surface area contributed by atoms with Crippen LogP contribution in [-0.2, 0) is 19.2 Å². The van der Waals surface area contributed by atoms with Gasteiger partial charge in [0.05, 0.1) is 18.1 Å². The SMILES string of the molecule is CNC(C)C(=O)NC(C(=O)N1CCC2C1=C(c1c[nH]c3cc(F)ccc13)CN2C(=O)C(NC(=O)C(C)NC)C1CCCCC1)C1CCCCC1. The molecule has 3 heterocycles. The van der Waals surface area contributed by atoms with Crippen LogP contribution in [0.1, 0.15) is 90.0 Å². The number of benzene rings is 1. The molecule has 272 valence electrons. The van der Waals surface area contributed by atoms with E-state index >= 15 is 0 Å². The lowest BCUT2D eigenvalue weighted by atomic mass is 9.83. The third-order valence-corrected chi connectivity index (χ3v) is 11.8. The van der Waals surface area contributed by atoms with Gasteiger partial charge in [-0.25, -0.2) is 4.39 Å². The van der Waals surface area contributed by atoms with Crippen LogP contribution in [-0.4, -0.2) is 95.8 Å². The number of likely N-dealkylation sites (tertiary alicyclic amines) is 1. The van der Waals surface area contributed by atoms with Crippen molar-refractivity contribution in [3.8, 4) is 0 Å². The lowest BCUT2D eigenvalue weighted by molar-refractivity contribution is -0.139. The van der Waals surface area contributed by atoms with E-state index in [0.717, 1.165) is 86.4 Å². The Balaban J connectivity index is 1.38. The summed E-state index contributed by atoms with van der Waals surface area (Å²) in [6, 6.07) is 1.94. The average Bonchev–Trinajstić information content (AvgIpc) is 3.86. The predicted molar refractivity (Wildman–Crippen MR) is 191 cm³/mol. The summed E-state index contributed by atoms with van der Waals surface area (Å²) in [5, 5.41) is 13.0. The second-order valence-corrected chi connectivity index (χ2v) is 14.8. The third kappa shape index (κ3) is 7.19. The molecule has 50 heavy (non-hydrogen) atoms. The molecule has 5 unspecified atom stereocenters. The predicted octanol–water partition coefficient (Wildman–Crippen LogP) is 3.81. The Morgan fingerprint density at radius 3 is 1.92 bits per heavy atom. The maximum absolute atomic E-state index is 14.8. The van der Waals surface area contributed by atoms with Crippen molar-refractivity contribution in [1.82, 2.24) is 36.1 Å². The largest absolute Gasteiger partial charge is 0.360 e. The zero-order chi connectivity index (χ0) is 35.5. The molecule has 1 aromatic heterocycles. The molecule has 6 rings (SSSR count). The summed E-state index contributed by atoms with van der Waals surface area (Å²) in [4.78, 5) is 63.0. The van der Waals surface area contributed by atoms with E-state index in [-0.39, 0.29) is 53.9 Å². The van der Waals surface area contributed by atoms with E-state index in [1.807, 2.05) is 16.0 Å². The van der Waals surface area contributed by atoms with Crippen LogP contribution in [0.5, 0.6) is 0 Å². The first-order valence-corrected chi connectivity index (χ1v) is 18.7. The molecule has 3 fully saturated rings. The second-order valence-electron chi connectivity index (χ2n) is 14.8. The normalized spacial score (nSPS) is 22.7. The van der Waals surface area contributed by atoms with Gasteiger partial charge < -0.3 is 36.1 Å². The van der Waals surface area contributed by atoms with Gasteiger partial charge in [0.25, 0.3) is 0 Å². The molecule has 2 saturated carbocycles. The van der Waals surface area contributed by atoms with Gasteiger partial charge in [-0.1, -0.05) is 38.5 Å². The van der Waals surface area contributed by atoms with Crippen molar-refractivity contribution in [2.24, 2.45) is 11.8 Å². The van der Waals surface area contributed by atoms with Crippen LogP contribution in [0, 0.1) is 17.7 Å². The summed E-state index contributed by atoms with van der Waals surface area (Å²) in [5.41, 5.74) is 3.05. The molecule has 1 saturated heterocycles. The number of carbonyl (C=O) groups excluding carboxylic acids is 4. The van der Waals surface area contributed by atoms with Crippen molar-refractivity contribution in [2.75, 3.05) is 27.2 Å². The maximum atomic E-state index is 14.8. The van der Waals surface area contributed by atoms with Gasteiger partial charge in [0.15, 0.2) is 0 Å². The standard InChI is InChI=1S/C38H54FN7O4/c1-22(40-3)35(47)43-32(24-11-7-5-8-12-24)37(49)45-18-17-31-34(45)29(28-20-42-30-19-26(39)15-16-27(28)30)21-46(31)38(50)33(25-13-9-6-10-14-25)44-36(48)23(2)41-4/h15-16,19-20,22-25,31-33,40-42H,5-14,17-18,21H2,1-4H3,(H,43,47)(H,44,48). The number of nitrogens with zero attached hydrogens (tertiary/aromatic N) is 2. The van der Waals surface area contributed by atoms with Gasteiger partial charge >= 0.3 is 0 Å². The summed E-state index contributed by atoms with van der Waals surface area (Å²) < 4.78 is 14.3. The van der Waals surface area contributed by atoms with Crippen LogP contribution in [0.3, 0.4) is 0 Å². The van der Waals surface area contributed by atoms with Gasteiger partial charge in [-0.2, -0.15) is 0 Å². The van der Waals surface area contributed by atoms with Crippen LogP contribution in [0.4, 0.5) is 4.39 Å². The van der Waals surface area contributed by atoms with E-state index in [0.29, 0.717) is 18.5 Å². The molecule has 11 nitrogen and oxygen atoms in total. The fourth-order valence-corrected chi connectivity index (χ4v) is 8.61. The van der Waals surface area contributed by atoms with E-state index in [4.69, 9.17) is 0 Å². The smallest absolute Gasteiger partial charge is 0.249 e. The minimum atomic E-state index is -0.690. The molecule has 5 atom stereocenters. The number of aromatic nitrogens is 1. The van der Waals surface area contributed by atoms with Gasteiger partial charge in [0.1, 0.15) is 17.9 Å². The third-order valence-electron chi connectivity index (χ3n) is 11.8. The number of hydrogen-bond acceptors (Lipinski definition) is 6. The highest BCUT2D eigenvalue weighted by molar-refractivity contribution is 6.00. The molecular formula is C38H54FN7O4. The zero-order valence-corrected chi connectivity index (χ0v) is 29.9. The van der Waals surface area contributed by atoms with Crippen molar-refractivity contribution >= 4 is 40.1 Å². The van der Waals surface area contributed by atoms with E-state index in [2.05, 4.69) is 26.3 Å². The van der Waals surface area contributed by atoms with Crippen molar-refractivity contribution in [3.05, 3.63) is 41.5 Å². The monoisotopic (exact) mass is 691 g/mol. The van der Waals surface area contributed by atoms with Crippen LogP contribution < -0.4 is 21.3 Å². The Morgan fingerprint density at radius 1 is 0.800 bits per heavy atom.